The fraction of sp³-hybridized carbons (Fsp3) is 0.538. The molecule has 0 saturated carbocycles. The van der Waals surface area contributed by atoms with Crippen molar-refractivity contribution >= 4 is 10.0 Å². The smallest absolute Gasteiger partial charge is 0.211 e. The summed E-state index contributed by atoms with van der Waals surface area (Å²) in [4.78, 5) is 0. The number of benzene rings is 1. The SMILES string of the molecule is CN(Cc1ccc(C(C)(C)C)cc1)S(C)(=O)=O. The van der Waals surface area contributed by atoms with E-state index in [9.17, 15) is 8.42 Å². The molecule has 1 aromatic carbocycles. The molecular weight excluding hydrogens is 234 g/mol. The van der Waals surface area contributed by atoms with Crippen molar-refractivity contribution in [2.45, 2.75) is 32.7 Å². The van der Waals surface area contributed by atoms with E-state index in [-0.39, 0.29) is 5.41 Å². The number of hydrogen-bond acceptors (Lipinski definition) is 2. The fourth-order valence-corrected chi connectivity index (χ4v) is 1.87. The van der Waals surface area contributed by atoms with E-state index >= 15 is 0 Å². The van der Waals surface area contributed by atoms with Crippen molar-refractivity contribution in [1.29, 1.82) is 0 Å². The largest absolute Gasteiger partial charge is 0.213 e. The number of nitrogens with zero attached hydrogens (tertiary/aromatic N) is 1. The molecule has 0 aliphatic carbocycles. The van der Waals surface area contributed by atoms with Gasteiger partial charge in [0.05, 0.1) is 6.26 Å². The number of rotatable bonds is 3. The maximum Gasteiger partial charge on any atom is 0.211 e. The molecule has 0 bridgehead atoms. The molecular formula is C13H21NO2S. The van der Waals surface area contributed by atoms with Crippen LogP contribution in [0.5, 0.6) is 0 Å². The van der Waals surface area contributed by atoms with Gasteiger partial charge in [-0.15, -0.1) is 0 Å². The second-order valence-corrected chi connectivity index (χ2v) is 7.56. The van der Waals surface area contributed by atoms with Gasteiger partial charge in [0.2, 0.25) is 10.0 Å². The van der Waals surface area contributed by atoms with Crippen LogP contribution in [0.3, 0.4) is 0 Å². The van der Waals surface area contributed by atoms with Crippen LogP contribution in [-0.2, 0) is 22.0 Å². The third kappa shape index (κ3) is 4.13. The maximum atomic E-state index is 11.3. The zero-order valence-electron chi connectivity index (χ0n) is 11.2. The zero-order chi connectivity index (χ0) is 13.3. The highest BCUT2D eigenvalue weighted by molar-refractivity contribution is 7.88. The third-order valence-corrected chi connectivity index (χ3v) is 4.05. The average molecular weight is 255 g/mol. The highest BCUT2D eigenvalue weighted by atomic mass is 32.2. The molecule has 0 spiro atoms. The van der Waals surface area contributed by atoms with Gasteiger partial charge >= 0.3 is 0 Å². The van der Waals surface area contributed by atoms with Gasteiger partial charge in [-0.05, 0) is 16.5 Å². The minimum absolute atomic E-state index is 0.126. The Morgan fingerprint density at radius 3 is 1.94 bits per heavy atom. The molecule has 0 heterocycles. The molecule has 96 valence electrons. The monoisotopic (exact) mass is 255 g/mol. The highest BCUT2D eigenvalue weighted by Gasteiger charge is 2.14. The van der Waals surface area contributed by atoms with E-state index < -0.39 is 10.0 Å². The summed E-state index contributed by atoms with van der Waals surface area (Å²) in [5.74, 6) is 0. The molecule has 1 rings (SSSR count). The Morgan fingerprint density at radius 2 is 1.59 bits per heavy atom. The molecule has 0 aromatic heterocycles. The van der Waals surface area contributed by atoms with E-state index in [4.69, 9.17) is 0 Å². The van der Waals surface area contributed by atoms with E-state index in [0.717, 1.165) is 5.56 Å². The molecule has 3 nitrogen and oxygen atoms in total. The lowest BCUT2D eigenvalue weighted by Gasteiger charge is -2.20. The van der Waals surface area contributed by atoms with Crippen molar-refractivity contribution in [1.82, 2.24) is 4.31 Å². The normalized spacial score (nSPS) is 13.1. The summed E-state index contributed by atoms with van der Waals surface area (Å²) in [5.41, 5.74) is 2.38. The molecule has 0 aliphatic heterocycles. The van der Waals surface area contributed by atoms with Gasteiger partial charge in [-0.2, -0.15) is 0 Å². The van der Waals surface area contributed by atoms with Crippen LogP contribution in [0.4, 0.5) is 0 Å². The Labute approximate surface area is 105 Å². The molecule has 0 unspecified atom stereocenters. The molecule has 0 aliphatic rings. The predicted octanol–water partition coefficient (Wildman–Crippen LogP) is 2.38. The van der Waals surface area contributed by atoms with E-state index in [0.29, 0.717) is 6.54 Å². The molecule has 0 N–H and O–H groups in total. The maximum absolute atomic E-state index is 11.3. The third-order valence-electron chi connectivity index (χ3n) is 2.79. The van der Waals surface area contributed by atoms with Crippen LogP contribution >= 0.6 is 0 Å². The standard InChI is InChI=1S/C13H21NO2S/c1-13(2,3)12-8-6-11(7-9-12)10-14(4)17(5,15)16/h6-9H,10H2,1-5H3. The summed E-state index contributed by atoms with van der Waals surface area (Å²) in [6, 6.07) is 8.10. The summed E-state index contributed by atoms with van der Waals surface area (Å²) < 4.78 is 23.9. The van der Waals surface area contributed by atoms with Crippen LogP contribution in [-0.4, -0.2) is 26.0 Å². The molecule has 0 saturated heterocycles. The lowest BCUT2D eigenvalue weighted by molar-refractivity contribution is 0.472. The second-order valence-electron chi connectivity index (χ2n) is 5.47. The van der Waals surface area contributed by atoms with Gasteiger partial charge in [0.15, 0.2) is 0 Å². The summed E-state index contributed by atoms with van der Waals surface area (Å²) in [7, 11) is -1.52. The molecule has 0 amide bonds. The van der Waals surface area contributed by atoms with Crippen molar-refractivity contribution in [2.75, 3.05) is 13.3 Å². The Kier molecular flexibility index (Phi) is 3.99. The number of hydrogen-bond donors (Lipinski definition) is 0. The summed E-state index contributed by atoms with van der Waals surface area (Å²) in [5, 5.41) is 0. The Balaban J connectivity index is 2.83. The van der Waals surface area contributed by atoms with E-state index in [1.54, 1.807) is 7.05 Å². The Bertz CT molecular complexity index is 469. The van der Waals surface area contributed by atoms with Crippen molar-refractivity contribution in [3.8, 4) is 0 Å². The molecule has 17 heavy (non-hydrogen) atoms. The van der Waals surface area contributed by atoms with Gasteiger partial charge in [-0.25, -0.2) is 12.7 Å². The van der Waals surface area contributed by atoms with Crippen LogP contribution in [0, 0.1) is 0 Å². The Hall–Kier alpha value is -0.870. The lowest BCUT2D eigenvalue weighted by Crippen LogP contribution is -2.24. The van der Waals surface area contributed by atoms with Crippen molar-refractivity contribution in [3.63, 3.8) is 0 Å². The summed E-state index contributed by atoms with van der Waals surface area (Å²) in [6.07, 6.45) is 1.22. The fourth-order valence-electron chi connectivity index (χ4n) is 1.48. The lowest BCUT2D eigenvalue weighted by atomic mass is 9.87. The number of sulfonamides is 1. The first-order valence-electron chi connectivity index (χ1n) is 5.61. The van der Waals surface area contributed by atoms with Gasteiger partial charge in [-0.3, -0.25) is 0 Å². The first-order chi connectivity index (χ1) is 7.60. The van der Waals surface area contributed by atoms with Crippen LogP contribution in [0.15, 0.2) is 24.3 Å². The van der Waals surface area contributed by atoms with Crippen LogP contribution in [0.1, 0.15) is 31.9 Å². The summed E-state index contributed by atoms with van der Waals surface area (Å²) in [6.45, 7) is 6.89. The van der Waals surface area contributed by atoms with E-state index in [2.05, 4.69) is 32.9 Å². The molecule has 0 fully saturated rings. The van der Waals surface area contributed by atoms with Gasteiger partial charge in [0, 0.05) is 13.6 Å². The van der Waals surface area contributed by atoms with Crippen LogP contribution < -0.4 is 0 Å². The minimum Gasteiger partial charge on any atom is -0.213 e. The first-order valence-corrected chi connectivity index (χ1v) is 7.46. The summed E-state index contributed by atoms with van der Waals surface area (Å²) >= 11 is 0. The van der Waals surface area contributed by atoms with Crippen LogP contribution in [0.25, 0.3) is 0 Å². The minimum atomic E-state index is -3.11. The van der Waals surface area contributed by atoms with Gasteiger partial charge in [-0.1, -0.05) is 45.0 Å². The second kappa shape index (κ2) is 4.78. The zero-order valence-corrected chi connectivity index (χ0v) is 12.0. The van der Waals surface area contributed by atoms with E-state index in [1.165, 1.54) is 16.1 Å². The molecule has 0 radical (unpaired) electrons. The quantitative estimate of drug-likeness (QED) is 0.831. The van der Waals surface area contributed by atoms with Gasteiger partial charge < -0.3 is 0 Å². The molecule has 4 heteroatoms. The van der Waals surface area contributed by atoms with Gasteiger partial charge in [0.1, 0.15) is 0 Å². The van der Waals surface area contributed by atoms with E-state index in [1.807, 2.05) is 12.1 Å². The highest BCUT2D eigenvalue weighted by Crippen LogP contribution is 2.22. The molecule has 0 atom stereocenters. The molecule has 1 aromatic rings. The first kappa shape index (κ1) is 14.2. The predicted molar refractivity (Wildman–Crippen MR) is 71.5 cm³/mol. The van der Waals surface area contributed by atoms with Crippen LogP contribution in [0.2, 0.25) is 0 Å². The van der Waals surface area contributed by atoms with Crippen molar-refractivity contribution < 1.29 is 8.42 Å². The van der Waals surface area contributed by atoms with Crippen molar-refractivity contribution in [2.24, 2.45) is 0 Å². The topological polar surface area (TPSA) is 37.4 Å². The average Bonchev–Trinajstić information content (AvgIpc) is 2.15. The van der Waals surface area contributed by atoms with Gasteiger partial charge in [0.25, 0.3) is 0 Å². The van der Waals surface area contributed by atoms with Crippen molar-refractivity contribution in [3.05, 3.63) is 35.4 Å². The Morgan fingerprint density at radius 1 is 1.12 bits per heavy atom.